The van der Waals surface area contributed by atoms with E-state index in [1.807, 2.05) is 0 Å². The second-order valence-corrected chi connectivity index (χ2v) is 4.55. The topological polar surface area (TPSA) is 84.1 Å². The molecule has 1 unspecified atom stereocenters. The molecule has 0 spiro atoms. The molecule has 0 aliphatic carbocycles. The van der Waals surface area contributed by atoms with Crippen LogP contribution in [0.3, 0.4) is 0 Å². The number of unbranched alkanes of at least 4 members (excludes halogenated alkanes) is 1. The lowest BCUT2D eigenvalue weighted by Crippen LogP contribution is -2.15. The van der Waals surface area contributed by atoms with Gasteiger partial charge in [0.2, 0.25) is 0 Å². The molecule has 0 aliphatic heterocycles. The van der Waals surface area contributed by atoms with Crippen molar-refractivity contribution in [3.63, 3.8) is 0 Å². The summed E-state index contributed by atoms with van der Waals surface area (Å²) in [5, 5.41) is 29.3. The van der Waals surface area contributed by atoms with Crippen LogP contribution in [0.25, 0.3) is 0 Å². The van der Waals surface area contributed by atoms with E-state index in [0.717, 1.165) is 25.2 Å². The van der Waals surface area contributed by atoms with Crippen LogP contribution >= 0.6 is 11.8 Å². The lowest BCUT2D eigenvalue weighted by Gasteiger charge is -2.06. The van der Waals surface area contributed by atoms with Gasteiger partial charge in [-0.3, -0.25) is 0 Å². The lowest BCUT2D eigenvalue weighted by atomic mass is 10.3. The molecule has 0 bridgehead atoms. The monoisotopic (exact) mass is 246 g/mol. The molecule has 0 saturated heterocycles. The summed E-state index contributed by atoms with van der Waals surface area (Å²) in [5.74, 6) is 1.98. The number of tetrazole rings is 1. The van der Waals surface area contributed by atoms with Crippen LogP contribution in [0.1, 0.15) is 25.6 Å². The van der Waals surface area contributed by atoms with E-state index in [0.29, 0.717) is 11.5 Å². The quantitative estimate of drug-likeness (QED) is 0.675. The fourth-order valence-corrected chi connectivity index (χ4v) is 2.03. The number of aliphatic hydroxyl groups is 2. The molecule has 0 aliphatic rings. The molecule has 1 heterocycles. The molecule has 1 aromatic rings. The van der Waals surface area contributed by atoms with Gasteiger partial charge < -0.3 is 10.2 Å². The number of nitrogens with zero attached hydrogens (tertiary/aromatic N) is 4. The first kappa shape index (κ1) is 13.4. The Balaban J connectivity index is 2.32. The molecule has 0 saturated carbocycles. The molecule has 16 heavy (non-hydrogen) atoms. The third kappa shape index (κ3) is 4.46. The number of rotatable bonds is 8. The second-order valence-electron chi connectivity index (χ2n) is 3.52. The average molecular weight is 246 g/mol. The van der Waals surface area contributed by atoms with Crippen molar-refractivity contribution in [2.75, 3.05) is 12.4 Å². The number of hydrogen-bond acceptors (Lipinski definition) is 6. The molecule has 2 N–H and O–H groups in total. The molecule has 0 fully saturated rings. The fraction of sp³-hybridized carbons (Fsp3) is 0.889. The van der Waals surface area contributed by atoms with Crippen molar-refractivity contribution in [3.8, 4) is 0 Å². The zero-order chi connectivity index (χ0) is 11.8. The largest absolute Gasteiger partial charge is 0.394 e. The molecule has 1 atom stereocenters. The Hall–Kier alpha value is -0.660. The van der Waals surface area contributed by atoms with Crippen molar-refractivity contribution in [2.45, 2.75) is 38.2 Å². The SMILES string of the molecule is CCCCn1nnnc1CSCC(O)CO. The Morgan fingerprint density at radius 2 is 2.31 bits per heavy atom. The molecular weight excluding hydrogens is 228 g/mol. The maximum absolute atomic E-state index is 9.17. The van der Waals surface area contributed by atoms with Gasteiger partial charge in [-0.25, -0.2) is 4.68 Å². The van der Waals surface area contributed by atoms with E-state index in [4.69, 9.17) is 10.2 Å². The Morgan fingerprint density at radius 1 is 1.50 bits per heavy atom. The standard InChI is InChI=1S/C9H18N4O2S/c1-2-3-4-13-9(10-11-12-13)7-16-6-8(15)5-14/h8,14-15H,2-7H2,1H3. The summed E-state index contributed by atoms with van der Waals surface area (Å²) in [6, 6.07) is 0. The maximum atomic E-state index is 9.17. The fourth-order valence-electron chi connectivity index (χ4n) is 1.15. The van der Waals surface area contributed by atoms with E-state index in [-0.39, 0.29) is 6.61 Å². The number of aliphatic hydroxyl groups excluding tert-OH is 2. The minimum absolute atomic E-state index is 0.201. The second kappa shape index (κ2) is 7.59. The van der Waals surface area contributed by atoms with Gasteiger partial charge in [-0.2, -0.15) is 11.8 Å². The van der Waals surface area contributed by atoms with Crippen LogP contribution in [-0.4, -0.2) is 48.9 Å². The Morgan fingerprint density at radius 3 is 3.00 bits per heavy atom. The molecule has 0 amide bonds. The molecule has 0 radical (unpaired) electrons. The zero-order valence-corrected chi connectivity index (χ0v) is 10.2. The summed E-state index contributed by atoms with van der Waals surface area (Å²) in [5.41, 5.74) is 0. The van der Waals surface area contributed by atoms with Crippen LogP contribution in [0, 0.1) is 0 Å². The third-order valence-electron chi connectivity index (χ3n) is 2.08. The molecule has 92 valence electrons. The number of aromatic nitrogens is 4. The molecule has 0 aromatic carbocycles. The van der Waals surface area contributed by atoms with E-state index < -0.39 is 6.10 Å². The van der Waals surface area contributed by atoms with Crippen molar-refractivity contribution in [1.82, 2.24) is 20.2 Å². The van der Waals surface area contributed by atoms with Gasteiger partial charge in [0.25, 0.3) is 0 Å². The summed E-state index contributed by atoms with van der Waals surface area (Å²) in [7, 11) is 0. The van der Waals surface area contributed by atoms with E-state index in [1.54, 1.807) is 4.68 Å². The summed E-state index contributed by atoms with van der Waals surface area (Å²) in [6.07, 6.45) is 1.50. The zero-order valence-electron chi connectivity index (χ0n) is 9.41. The summed E-state index contributed by atoms with van der Waals surface area (Å²) >= 11 is 1.52. The van der Waals surface area contributed by atoms with Crippen molar-refractivity contribution in [1.29, 1.82) is 0 Å². The van der Waals surface area contributed by atoms with E-state index in [2.05, 4.69) is 22.4 Å². The van der Waals surface area contributed by atoms with Crippen molar-refractivity contribution in [2.24, 2.45) is 0 Å². The van der Waals surface area contributed by atoms with Gasteiger partial charge in [-0.1, -0.05) is 13.3 Å². The first-order valence-corrected chi connectivity index (χ1v) is 6.55. The van der Waals surface area contributed by atoms with Crippen LogP contribution in [0.4, 0.5) is 0 Å². The minimum atomic E-state index is -0.662. The Bertz CT molecular complexity index is 295. The van der Waals surface area contributed by atoms with Crippen LogP contribution in [0.15, 0.2) is 0 Å². The summed E-state index contributed by atoms with van der Waals surface area (Å²) in [6.45, 7) is 2.76. The third-order valence-corrected chi connectivity index (χ3v) is 3.16. The Labute approximate surface area is 99.0 Å². The number of aryl methyl sites for hydroxylation is 1. The van der Waals surface area contributed by atoms with Gasteiger partial charge in [0, 0.05) is 12.3 Å². The Kier molecular flexibility index (Phi) is 6.36. The van der Waals surface area contributed by atoms with Crippen molar-refractivity contribution < 1.29 is 10.2 Å². The smallest absolute Gasteiger partial charge is 0.161 e. The minimum Gasteiger partial charge on any atom is -0.394 e. The molecule has 1 rings (SSSR count). The van der Waals surface area contributed by atoms with Crippen LogP contribution in [-0.2, 0) is 12.3 Å². The highest BCUT2D eigenvalue weighted by atomic mass is 32.2. The van der Waals surface area contributed by atoms with Crippen molar-refractivity contribution in [3.05, 3.63) is 5.82 Å². The highest BCUT2D eigenvalue weighted by Gasteiger charge is 2.07. The predicted octanol–water partition coefficient (Wildman–Crippen LogP) is 0.0596. The highest BCUT2D eigenvalue weighted by Crippen LogP contribution is 2.10. The lowest BCUT2D eigenvalue weighted by molar-refractivity contribution is 0.113. The van der Waals surface area contributed by atoms with Gasteiger partial charge >= 0.3 is 0 Å². The van der Waals surface area contributed by atoms with Gasteiger partial charge in [0.15, 0.2) is 5.82 Å². The summed E-state index contributed by atoms with van der Waals surface area (Å²) in [4.78, 5) is 0. The molecule has 7 heteroatoms. The van der Waals surface area contributed by atoms with Crippen LogP contribution < -0.4 is 0 Å². The molecular formula is C9H18N4O2S. The first-order valence-electron chi connectivity index (χ1n) is 5.39. The number of thioether (sulfide) groups is 1. The normalized spacial score (nSPS) is 12.9. The van der Waals surface area contributed by atoms with Crippen LogP contribution in [0.5, 0.6) is 0 Å². The van der Waals surface area contributed by atoms with Crippen LogP contribution in [0.2, 0.25) is 0 Å². The van der Waals surface area contributed by atoms with Crippen molar-refractivity contribution >= 4 is 11.8 Å². The van der Waals surface area contributed by atoms with Gasteiger partial charge in [0.05, 0.1) is 18.5 Å². The van der Waals surface area contributed by atoms with E-state index >= 15 is 0 Å². The summed E-state index contributed by atoms with van der Waals surface area (Å²) < 4.78 is 1.79. The first-order chi connectivity index (χ1) is 7.77. The molecule has 1 aromatic heterocycles. The highest BCUT2D eigenvalue weighted by molar-refractivity contribution is 7.98. The van der Waals surface area contributed by atoms with Gasteiger partial charge in [-0.15, -0.1) is 5.10 Å². The van der Waals surface area contributed by atoms with E-state index in [9.17, 15) is 0 Å². The maximum Gasteiger partial charge on any atom is 0.161 e. The molecule has 6 nitrogen and oxygen atoms in total. The van der Waals surface area contributed by atoms with E-state index in [1.165, 1.54) is 11.8 Å². The average Bonchev–Trinajstić information content (AvgIpc) is 2.73. The van der Waals surface area contributed by atoms with Gasteiger partial charge in [-0.05, 0) is 16.8 Å². The van der Waals surface area contributed by atoms with Gasteiger partial charge in [0.1, 0.15) is 0 Å². The number of hydrogen-bond donors (Lipinski definition) is 2. The predicted molar refractivity (Wildman–Crippen MR) is 62.0 cm³/mol.